The molecular weight excluding hydrogens is 240 g/mol. The van der Waals surface area contributed by atoms with Crippen molar-refractivity contribution in [3.05, 3.63) is 29.8 Å². The molecule has 0 radical (unpaired) electrons. The lowest BCUT2D eigenvalue weighted by Crippen LogP contribution is -2.24. The monoisotopic (exact) mass is 262 g/mol. The molecule has 1 heterocycles. The molecule has 2 rings (SSSR count). The molecule has 19 heavy (non-hydrogen) atoms. The molecular formula is C15H22N2O2. The number of rotatable bonds is 4. The Labute approximate surface area is 114 Å². The maximum atomic E-state index is 11.9. The first-order valence-electron chi connectivity index (χ1n) is 6.78. The van der Waals surface area contributed by atoms with E-state index in [2.05, 4.69) is 34.5 Å². The minimum absolute atomic E-state index is 0.0647. The molecule has 0 aromatic heterocycles. The molecule has 2 unspecified atom stereocenters. The molecule has 0 saturated carbocycles. The summed E-state index contributed by atoms with van der Waals surface area (Å²) < 4.78 is 5.15. The Balaban J connectivity index is 2.13. The third kappa shape index (κ3) is 3.07. The quantitative estimate of drug-likeness (QED) is 0.837. The van der Waals surface area contributed by atoms with Gasteiger partial charge in [-0.25, -0.2) is 0 Å². The Morgan fingerprint density at radius 3 is 2.58 bits per heavy atom. The largest absolute Gasteiger partial charge is 0.466 e. The average Bonchev–Trinajstić information content (AvgIpc) is 2.88. The molecule has 1 fully saturated rings. The van der Waals surface area contributed by atoms with Gasteiger partial charge in [0, 0.05) is 38.8 Å². The van der Waals surface area contributed by atoms with E-state index in [4.69, 9.17) is 4.74 Å². The van der Waals surface area contributed by atoms with Crippen LogP contribution in [0.4, 0.5) is 5.69 Å². The molecule has 0 amide bonds. The fourth-order valence-electron chi connectivity index (χ4n) is 2.55. The zero-order chi connectivity index (χ0) is 13.8. The number of nitrogens with zero attached hydrogens (tertiary/aromatic N) is 1. The van der Waals surface area contributed by atoms with Gasteiger partial charge in [-0.1, -0.05) is 12.1 Å². The lowest BCUT2D eigenvalue weighted by Gasteiger charge is -2.19. The summed E-state index contributed by atoms with van der Waals surface area (Å²) >= 11 is 0. The third-order valence-corrected chi connectivity index (χ3v) is 3.64. The number of anilines is 1. The smallest absolute Gasteiger partial charge is 0.310 e. The van der Waals surface area contributed by atoms with Crippen molar-refractivity contribution in [2.75, 3.05) is 38.7 Å². The summed E-state index contributed by atoms with van der Waals surface area (Å²) in [5, 5.41) is 3.29. The van der Waals surface area contributed by atoms with Gasteiger partial charge in [0.25, 0.3) is 0 Å². The van der Waals surface area contributed by atoms with E-state index >= 15 is 0 Å². The Hall–Kier alpha value is -1.55. The fraction of sp³-hybridized carbons (Fsp3) is 0.533. The van der Waals surface area contributed by atoms with Crippen LogP contribution in [0.25, 0.3) is 0 Å². The molecule has 1 aromatic rings. The number of carbonyl (C=O) groups excluding carboxylic acids is 1. The van der Waals surface area contributed by atoms with Crippen LogP contribution in [-0.2, 0) is 9.53 Å². The molecule has 1 aliphatic rings. The van der Waals surface area contributed by atoms with Gasteiger partial charge in [0.2, 0.25) is 0 Å². The van der Waals surface area contributed by atoms with Crippen LogP contribution in [0.15, 0.2) is 24.3 Å². The Bertz CT molecular complexity index is 428. The van der Waals surface area contributed by atoms with Crippen molar-refractivity contribution in [2.24, 2.45) is 5.92 Å². The number of esters is 1. The molecule has 1 aromatic carbocycles. The van der Waals surface area contributed by atoms with Crippen LogP contribution in [0.3, 0.4) is 0 Å². The van der Waals surface area contributed by atoms with Crippen molar-refractivity contribution < 1.29 is 9.53 Å². The lowest BCUT2D eigenvalue weighted by molar-refractivity contribution is -0.147. The van der Waals surface area contributed by atoms with Crippen LogP contribution in [0.5, 0.6) is 0 Å². The number of hydrogen-bond donors (Lipinski definition) is 1. The Morgan fingerprint density at radius 2 is 2.00 bits per heavy atom. The molecule has 1 saturated heterocycles. The molecule has 1 aliphatic heterocycles. The highest BCUT2D eigenvalue weighted by atomic mass is 16.5. The Kier molecular flexibility index (Phi) is 4.43. The predicted octanol–water partition coefficient (Wildman–Crippen LogP) is 1.62. The summed E-state index contributed by atoms with van der Waals surface area (Å²) in [7, 11) is 4.04. The van der Waals surface area contributed by atoms with Crippen LogP contribution in [0.2, 0.25) is 0 Å². The van der Waals surface area contributed by atoms with Gasteiger partial charge in [-0.05, 0) is 24.6 Å². The van der Waals surface area contributed by atoms with Crippen molar-refractivity contribution in [2.45, 2.75) is 12.8 Å². The van der Waals surface area contributed by atoms with Crippen molar-refractivity contribution in [3.63, 3.8) is 0 Å². The topological polar surface area (TPSA) is 41.6 Å². The van der Waals surface area contributed by atoms with Crippen LogP contribution >= 0.6 is 0 Å². The van der Waals surface area contributed by atoms with E-state index in [0.29, 0.717) is 13.2 Å². The van der Waals surface area contributed by atoms with Gasteiger partial charge in [-0.15, -0.1) is 0 Å². The van der Waals surface area contributed by atoms with E-state index in [9.17, 15) is 4.79 Å². The molecule has 4 heteroatoms. The number of ether oxygens (including phenoxy) is 1. The zero-order valence-corrected chi connectivity index (χ0v) is 11.8. The van der Waals surface area contributed by atoms with E-state index < -0.39 is 0 Å². The lowest BCUT2D eigenvalue weighted by atomic mass is 9.89. The highest BCUT2D eigenvalue weighted by Gasteiger charge is 2.34. The zero-order valence-electron chi connectivity index (χ0n) is 11.8. The highest BCUT2D eigenvalue weighted by Crippen LogP contribution is 2.30. The summed E-state index contributed by atoms with van der Waals surface area (Å²) in [6.45, 7) is 3.84. The molecule has 1 N–H and O–H groups in total. The van der Waals surface area contributed by atoms with E-state index in [1.54, 1.807) is 0 Å². The first kappa shape index (κ1) is 13.9. The fourth-order valence-corrected chi connectivity index (χ4v) is 2.55. The number of hydrogen-bond acceptors (Lipinski definition) is 4. The van der Waals surface area contributed by atoms with E-state index in [1.165, 1.54) is 11.3 Å². The summed E-state index contributed by atoms with van der Waals surface area (Å²) in [5.41, 5.74) is 2.37. The van der Waals surface area contributed by atoms with Gasteiger partial charge in [0.15, 0.2) is 0 Å². The van der Waals surface area contributed by atoms with Gasteiger partial charge in [0.1, 0.15) is 0 Å². The molecule has 4 nitrogen and oxygen atoms in total. The average molecular weight is 262 g/mol. The molecule has 0 aliphatic carbocycles. The van der Waals surface area contributed by atoms with Crippen LogP contribution < -0.4 is 10.2 Å². The maximum absolute atomic E-state index is 11.9. The van der Waals surface area contributed by atoms with Gasteiger partial charge in [-0.2, -0.15) is 0 Å². The second-order valence-corrected chi connectivity index (χ2v) is 5.11. The molecule has 0 bridgehead atoms. The van der Waals surface area contributed by atoms with Crippen LogP contribution in [0.1, 0.15) is 18.4 Å². The Morgan fingerprint density at radius 1 is 1.32 bits per heavy atom. The molecule has 104 valence electrons. The van der Waals surface area contributed by atoms with Crippen molar-refractivity contribution >= 4 is 11.7 Å². The summed E-state index contributed by atoms with van der Waals surface area (Å²) in [5.74, 6) is 0.0644. The van der Waals surface area contributed by atoms with Crippen LogP contribution in [-0.4, -0.2) is 39.8 Å². The second-order valence-electron chi connectivity index (χ2n) is 5.11. The van der Waals surface area contributed by atoms with Gasteiger partial charge in [-0.3, -0.25) is 4.79 Å². The van der Waals surface area contributed by atoms with Gasteiger partial charge < -0.3 is 15.0 Å². The van der Waals surface area contributed by atoms with Crippen molar-refractivity contribution in [1.29, 1.82) is 0 Å². The third-order valence-electron chi connectivity index (χ3n) is 3.64. The second kappa shape index (κ2) is 6.06. The normalized spacial score (nSPS) is 22.3. The number of nitrogens with one attached hydrogen (secondary N) is 1. The number of benzene rings is 1. The SMILES string of the molecule is CCOC(=O)C1CNCC1c1ccc(N(C)C)cc1. The van der Waals surface area contributed by atoms with Crippen LogP contribution in [0, 0.1) is 5.92 Å². The van der Waals surface area contributed by atoms with Gasteiger partial charge >= 0.3 is 5.97 Å². The summed E-state index contributed by atoms with van der Waals surface area (Å²) in [6.07, 6.45) is 0. The summed E-state index contributed by atoms with van der Waals surface area (Å²) in [6, 6.07) is 8.41. The van der Waals surface area contributed by atoms with E-state index in [1.807, 2.05) is 21.0 Å². The first-order valence-corrected chi connectivity index (χ1v) is 6.78. The maximum Gasteiger partial charge on any atom is 0.310 e. The minimum Gasteiger partial charge on any atom is -0.466 e. The van der Waals surface area contributed by atoms with E-state index in [0.717, 1.165) is 6.54 Å². The van der Waals surface area contributed by atoms with E-state index in [-0.39, 0.29) is 17.8 Å². The van der Waals surface area contributed by atoms with Crippen molar-refractivity contribution in [3.8, 4) is 0 Å². The molecule has 2 atom stereocenters. The summed E-state index contributed by atoms with van der Waals surface area (Å²) in [4.78, 5) is 14.0. The first-order chi connectivity index (χ1) is 9.13. The standard InChI is InChI=1S/C15H22N2O2/c1-4-19-15(18)14-10-16-9-13(14)11-5-7-12(8-6-11)17(2)3/h5-8,13-14,16H,4,9-10H2,1-3H3. The highest BCUT2D eigenvalue weighted by molar-refractivity contribution is 5.74. The van der Waals surface area contributed by atoms with Gasteiger partial charge in [0.05, 0.1) is 12.5 Å². The van der Waals surface area contributed by atoms with Crippen molar-refractivity contribution in [1.82, 2.24) is 5.32 Å². The number of carbonyl (C=O) groups is 1. The minimum atomic E-state index is -0.0887. The molecule has 0 spiro atoms. The predicted molar refractivity (Wildman–Crippen MR) is 76.5 cm³/mol.